The van der Waals surface area contributed by atoms with Gasteiger partial charge in [0.25, 0.3) is 0 Å². The van der Waals surface area contributed by atoms with Crippen molar-refractivity contribution >= 4 is 23.3 Å². The second-order valence-electron chi connectivity index (χ2n) is 5.50. The molecular formula is C18H20N2O4. The first-order valence-corrected chi connectivity index (χ1v) is 8.07. The van der Waals surface area contributed by atoms with Crippen LogP contribution in [0.5, 0.6) is 0 Å². The van der Waals surface area contributed by atoms with Gasteiger partial charge in [0.15, 0.2) is 0 Å². The molecule has 0 unspecified atom stereocenters. The molecule has 2 aromatic rings. The minimum Gasteiger partial charge on any atom is -0.467 e. The number of amides is 1. The van der Waals surface area contributed by atoms with Gasteiger partial charge in [-0.2, -0.15) is 0 Å². The minimum absolute atomic E-state index is 0.134. The molecule has 3 rings (SSSR count). The van der Waals surface area contributed by atoms with Crippen LogP contribution in [-0.2, 0) is 16.1 Å². The van der Waals surface area contributed by atoms with Crippen LogP contribution in [0.4, 0.5) is 11.4 Å². The third kappa shape index (κ3) is 3.27. The molecule has 0 radical (unpaired) electrons. The maximum absolute atomic E-state index is 12.0. The Balaban J connectivity index is 1.75. The Morgan fingerprint density at radius 2 is 2.17 bits per heavy atom. The Labute approximate surface area is 140 Å². The third-order valence-corrected chi connectivity index (χ3v) is 3.95. The van der Waals surface area contributed by atoms with Gasteiger partial charge in [-0.25, -0.2) is 4.79 Å². The van der Waals surface area contributed by atoms with E-state index in [4.69, 9.17) is 9.15 Å². The van der Waals surface area contributed by atoms with Crippen molar-refractivity contribution in [2.24, 2.45) is 0 Å². The van der Waals surface area contributed by atoms with E-state index in [1.807, 2.05) is 24.3 Å². The number of ether oxygens (including phenoxy) is 1. The molecule has 0 aliphatic carbocycles. The Bertz CT molecular complexity index is 738. The zero-order chi connectivity index (χ0) is 16.9. The summed E-state index contributed by atoms with van der Waals surface area (Å²) in [7, 11) is 0. The van der Waals surface area contributed by atoms with Gasteiger partial charge >= 0.3 is 5.97 Å². The minimum atomic E-state index is -0.397. The summed E-state index contributed by atoms with van der Waals surface area (Å²) in [6.07, 6.45) is 2.93. The van der Waals surface area contributed by atoms with Crippen LogP contribution >= 0.6 is 0 Å². The first-order valence-electron chi connectivity index (χ1n) is 8.07. The van der Waals surface area contributed by atoms with E-state index in [9.17, 15) is 9.59 Å². The van der Waals surface area contributed by atoms with Crippen molar-refractivity contribution in [1.29, 1.82) is 0 Å². The number of rotatable bonds is 6. The van der Waals surface area contributed by atoms with E-state index in [2.05, 4.69) is 5.32 Å². The molecule has 6 heteroatoms. The lowest BCUT2D eigenvalue weighted by Crippen LogP contribution is -2.24. The van der Waals surface area contributed by atoms with E-state index in [-0.39, 0.29) is 5.91 Å². The second kappa shape index (κ2) is 7.21. The zero-order valence-electron chi connectivity index (χ0n) is 13.6. The number of carbonyl (C=O) groups excluding carboxylic acids is 2. The number of esters is 1. The number of anilines is 2. The summed E-state index contributed by atoms with van der Waals surface area (Å²) in [5.41, 5.74) is 2.10. The summed E-state index contributed by atoms with van der Waals surface area (Å²) in [6.45, 7) is 3.14. The number of hydrogen-bond donors (Lipinski definition) is 1. The van der Waals surface area contributed by atoms with Gasteiger partial charge in [0.2, 0.25) is 5.91 Å². The number of furan rings is 1. The van der Waals surface area contributed by atoms with Crippen molar-refractivity contribution < 1.29 is 18.7 Å². The number of carbonyl (C=O) groups is 2. The second-order valence-corrected chi connectivity index (χ2v) is 5.50. The van der Waals surface area contributed by atoms with Crippen molar-refractivity contribution in [3.63, 3.8) is 0 Å². The quantitative estimate of drug-likeness (QED) is 0.825. The zero-order valence-corrected chi connectivity index (χ0v) is 13.6. The van der Waals surface area contributed by atoms with Crippen molar-refractivity contribution in [2.75, 3.05) is 23.4 Å². The van der Waals surface area contributed by atoms with Crippen LogP contribution in [0.3, 0.4) is 0 Å². The molecule has 1 fully saturated rings. The van der Waals surface area contributed by atoms with Crippen LogP contribution in [0, 0.1) is 0 Å². The lowest BCUT2D eigenvalue weighted by Gasteiger charge is -2.20. The number of hydrogen-bond acceptors (Lipinski definition) is 5. The molecule has 24 heavy (non-hydrogen) atoms. The molecule has 2 heterocycles. The van der Waals surface area contributed by atoms with Crippen LogP contribution < -0.4 is 10.2 Å². The van der Waals surface area contributed by atoms with Gasteiger partial charge in [-0.05, 0) is 31.5 Å². The predicted molar refractivity (Wildman–Crippen MR) is 90.0 cm³/mol. The average molecular weight is 328 g/mol. The van der Waals surface area contributed by atoms with Crippen LogP contribution in [0.15, 0.2) is 41.0 Å². The lowest BCUT2D eigenvalue weighted by molar-refractivity contribution is -0.117. The van der Waals surface area contributed by atoms with Crippen LogP contribution in [-0.4, -0.2) is 25.0 Å². The van der Waals surface area contributed by atoms with Crippen LogP contribution in [0.1, 0.15) is 35.9 Å². The van der Waals surface area contributed by atoms with Gasteiger partial charge in [-0.15, -0.1) is 0 Å². The summed E-state index contributed by atoms with van der Waals surface area (Å²) in [5.74, 6) is 0.247. The van der Waals surface area contributed by atoms with Crippen LogP contribution in [0.2, 0.25) is 0 Å². The fraction of sp³-hybridized carbons (Fsp3) is 0.333. The lowest BCUT2D eigenvalue weighted by atomic mass is 10.2. The van der Waals surface area contributed by atoms with E-state index in [1.165, 1.54) is 6.26 Å². The highest BCUT2D eigenvalue weighted by Gasteiger charge is 2.24. The van der Waals surface area contributed by atoms with E-state index in [1.54, 1.807) is 17.9 Å². The summed E-state index contributed by atoms with van der Waals surface area (Å²) in [6, 6.07) is 9.24. The van der Waals surface area contributed by atoms with Crippen molar-refractivity contribution in [3.8, 4) is 0 Å². The van der Waals surface area contributed by atoms with E-state index < -0.39 is 5.97 Å². The number of nitrogens with zero attached hydrogens (tertiary/aromatic N) is 1. The predicted octanol–water partition coefficient (Wildman–Crippen LogP) is 3.20. The molecule has 0 saturated carbocycles. The Hall–Kier alpha value is -2.76. The summed E-state index contributed by atoms with van der Waals surface area (Å²) >= 11 is 0. The summed E-state index contributed by atoms with van der Waals surface area (Å²) in [5, 5.41) is 3.26. The van der Waals surface area contributed by atoms with Crippen molar-refractivity contribution in [2.45, 2.75) is 26.3 Å². The highest BCUT2D eigenvalue weighted by atomic mass is 16.5. The Morgan fingerprint density at radius 3 is 2.92 bits per heavy atom. The number of benzene rings is 1. The van der Waals surface area contributed by atoms with Crippen LogP contribution in [0.25, 0.3) is 0 Å². The topological polar surface area (TPSA) is 71.8 Å². The highest BCUT2D eigenvalue weighted by molar-refractivity contribution is 5.98. The highest BCUT2D eigenvalue weighted by Crippen LogP contribution is 2.30. The van der Waals surface area contributed by atoms with Crippen molar-refractivity contribution in [1.82, 2.24) is 0 Å². The van der Waals surface area contributed by atoms with E-state index in [0.717, 1.165) is 24.3 Å². The summed E-state index contributed by atoms with van der Waals surface area (Å²) in [4.78, 5) is 25.7. The van der Waals surface area contributed by atoms with E-state index in [0.29, 0.717) is 30.9 Å². The monoisotopic (exact) mass is 328 g/mol. The normalized spacial score (nSPS) is 14.0. The average Bonchev–Trinajstić information content (AvgIpc) is 3.22. The SMILES string of the molecule is CCOC(=O)c1ccoc1CNc1ccccc1N1CCCC1=O. The first-order chi connectivity index (χ1) is 11.7. The largest absolute Gasteiger partial charge is 0.467 e. The molecule has 1 aromatic carbocycles. The molecule has 6 nitrogen and oxygen atoms in total. The van der Waals surface area contributed by atoms with Gasteiger partial charge in [-0.1, -0.05) is 12.1 Å². The maximum Gasteiger partial charge on any atom is 0.341 e. The first kappa shape index (κ1) is 16.1. The molecule has 0 bridgehead atoms. The molecule has 1 aliphatic heterocycles. The molecular weight excluding hydrogens is 308 g/mol. The standard InChI is InChI=1S/C18H20N2O4/c1-2-23-18(22)13-9-11-24-16(13)12-19-14-6-3-4-7-15(14)20-10-5-8-17(20)21/h3-4,6-7,9,11,19H,2,5,8,10,12H2,1H3. The molecule has 1 saturated heterocycles. The number of nitrogens with one attached hydrogen (secondary N) is 1. The smallest absolute Gasteiger partial charge is 0.341 e. The molecule has 1 aliphatic rings. The summed E-state index contributed by atoms with van der Waals surface area (Å²) < 4.78 is 10.4. The van der Waals surface area contributed by atoms with Gasteiger partial charge in [0.05, 0.1) is 30.8 Å². The Kier molecular flexibility index (Phi) is 4.84. The molecule has 1 N–H and O–H groups in total. The van der Waals surface area contributed by atoms with Gasteiger partial charge in [-0.3, -0.25) is 4.79 Å². The molecule has 1 aromatic heterocycles. The third-order valence-electron chi connectivity index (χ3n) is 3.95. The molecule has 0 spiro atoms. The Morgan fingerprint density at radius 1 is 1.33 bits per heavy atom. The molecule has 1 amide bonds. The molecule has 126 valence electrons. The van der Waals surface area contributed by atoms with Gasteiger partial charge in [0, 0.05) is 13.0 Å². The fourth-order valence-corrected chi connectivity index (χ4v) is 2.81. The van der Waals surface area contributed by atoms with E-state index >= 15 is 0 Å². The van der Waals surface area contributed by atoms with Gasteiger partial charge < -0.3 is 19.4 Å². The fourth-order valence-electron chi connectivity index (χ4n) is 2.81. The van der Waals surface area contributed by atoms with Gasteiger partial charge in [0.1, 0.15) is 11.3 Å². The van der Waals surface area contributed by atoms with Crippen molar-refractivity contribution in [3.05, 3.63) is 47.9 Å². The number of para-hydroxylation sites is 2. The molecule has 0 atom stereocenters. The maximum atomic E-state index is 12.0.